The zero-order chi connectivity index (χ0) is 15.1. The van der Waals surface area contributed by atoms with Crippen LogP contribution in [-0.2, 0) is 10.3 Å². The Morgan fingerprint density at radius 3 is 2.81 bits per heavy atom. The van der Waals surface area contributed by atoms with Gasteiger partial charge in [0.2, 0.25) is 0 Å². The molecule has 114 valence electrons. The van der Waals surface area contributed by atoms with Gasteiger partial charge in [-0.1, -0.05) is 37.3 Å². The lowest BCUT2D eigenvalue weighted by molar-refractivity contribution is 0.0241. The molecular weight excluding hydrogens is 262 g/mol. The Hall–Kier alpha value is -1.41. The molecule has 1 aliphatic heterocycles. The molecule has 2 unspecified atom stereocenters. The summed E-state index contributed by atoms with van der Waals surface area (Å²) in [4.78, 5) is 2.34. The fraction of sp³-hybridized carbons (Fsp3) is 0.588. The first kappa shape index (κ1) is 16.0. The highest BCUT2D eigenvalue weighted by Crippen LogP contribution is 2.24. The van der Waals surface area contributed by atoms with Crippen molar-refractivity contribution in [3.63, 3.8) is 0 Å². The number of nitrogens with one attached hydrogen (secondary N) is 1. The van der Waals surface area contributed by atoms with Crippen LogP contribution in [0.5, 0.6) is 0 Å². The number of rotatable bonds is 6. The second-order valence-corrected chi connectivity index (χ2v) is 5.65. The predicted molar refractivity (Wildman–Crippen MR) is 83.9 cm³/mol. The van der Waals surface area contributed by atoms with Crippen molar-refractivity contribution in [2.45, 2.75) is 31.4 Å². The van der Waals surface area contributed by atoms with E-state index in [4.69, 9.17) is 4.74 Å². The summed E-state index contributed by atoms with van der Waals surface area (Å²) in [7, 11) is 1.77. The Labute approximate surface area is 127 Å². The standard InChI is InChI=1S/C17H25N3O/c1-3-19-17(13-18,15-8-5-4-6-9-15)14-20-11-7-10-16(12-20)21-2/h4-6,8-9,16,19H,3,7,10-12,14H2,1-2H3. The van der Waals surface area contributed by atoms with Gasteiger partial charge in [-0.3, -0.25) is 10.2 Å². The largest absolute Gasteiger partial charge is 0.380 e. The molecule has 1 aliphatic rings. The first-order valence-corrected chi connectivity index (χ1v) is 7.71. The lowest BCUT2D eigenvalue weighted by Crippen LogP contribution is -2.53. The van der Waals surface area contributed by atoms with Gasteiger partial charge in [-0.2, -0.15) is 5.26 Å². The summed E-state index contributed by atoms with van der Waals surface area (Å²) < 4.78 is 5.49. The van der Waals surface area contributed by atoms with E-state index in [0.717, 1.165) is 38.0 Å². The third-order valence-electron chi connectivity index (χ3n) is 4.19. The second kappa shape index (κ2) is 7.56. The number of likely N-dealkylation sites (tertiary alicyclic amines) is 1. The van der Waals surface area contributed by atoms with Crippen LogP contribution in [0.2, 0.25) is 0 Å². The molecule has 1 N–H and O–H groups in total. The Morgan fingerprint density at radius 2 is 2.19 bits per heavy atom. The lowest BCUT2D eigenvalue weighted by atomic mass is 9.89. The summed E-state index contributed by atoms with van der Waals surface area (Å²) in [6.45, 7) is 5.44. The minimum Gasteiger partial charge on any atom is -0.380 e. The first-order valence-electron chi connectivity index (χ1n) is 7.71. The zero-order valence-corrected chi connectivity index (χ0v) is 13.0. The maximum atomic E-state index is 9.84. The fourth-order valence-corrected chi connectivity index (χ4v) is 3.10. The summed E-state index contributed by atoms with van der Waals surface area (Å²) in [5.74, 6) is 0. The summed E-state index contributed by atoms with van der Waals surface area (Å²) in [6.07, 6.45) is 2.52. The maximum Gasteiger partial charge on any atom is 0.145 e. The van der Waals surface area contributed by atoms with Crippen LogP contribution in [0.4, 0.5) is 0 Å². The number of nitrogens with zero attached hydrogens (tertiary/aromatic N) is 2. The topological polar surface area (TPSA) is 48.3 Å². The van der Waals surface area contributed by atoms with Crippen LogP contribution in [0, 0.1) is 11.3 Å². The quantitative estimate of drug-likeness (QED) is 0.871. The van der Waals surface area contributed by atoms with E-state index < -0.39 is 5.54 Å². The molecule has 0 radical (unpaired) electrons. The van der Waals surface area contributed by atoms with Crippen molar-refractivity contribution < 1.29 is 4.74 Å². The molecule has 21 heavy (non-hydrogen) atoms. The highest BCUT2D eigenvalue weighted by atomic mass is 16.5. The van der Waals surface area contributed by atoms with E-state index in [-0.39, 0.29) is 6.10 Å². The molecule has 1 saturated heterocycles. The molecule has 0 aliphatic carbocycles. The van der Waals surface area contributed by atoms with Crippen LogP contribution in [-0.4, -0.2) is 44.3 Å². The first-order chi connectivity index (χ1) is 10.2. The van der Waals surface area contributed by atoms with Crippen molar-refractivity contribution in [1.82, 2.24) is 10.2 Å². The van der Waals surface area contributed by atoms with E-state index in [9.17, 15) is 5.26 Å². The van der Waals surface area contributed by atoms with Crippen LogP contribution in [0.3, 0.4) is 0 Å². The number of hydrogen-bond donors (Lipinski definition) is 1. The molecule has 4 nitrogen and oxygen atoms in total. The van der Waals surface area contributed by atoms with Crippen molar-refractivity contribution in [3.05, 3.63) is 35.9 Å². The van der Waals surface area contributed by atoms with Crippen molar-refractivity contribution in [2.24, 2.45) is 0 Å². The number of nitriles is 1. The number of likely N-dealkylation sites (N-methyl/N-ethyl adjacent to an activating group) is 1. The molecule has 1 aromatic rings. The molecule has 0 aromatic heterocycles. The number of methoxy groups -OCH3 is 1. The van der Waals surface area contributed by atoms with E-state index in [1.54, 1.807) is 7.11 Å². The highest BCUT2D eigenvalue weighted by Gasteiger charge is 2.35. The van der Waals surface area contributed by atoms with E-state index >= 15 is 0 Å². The Morgan fingerprint density at radius 1 is 1.43 bits per heavy atom. The SMILES string of the molecule is CCNC(C#N)(CN1CCCC(OC)C1)c1ccccc1. The zero-order valence-electron chi connectivity index (χ0n) is 13.0. The van der Waals surface area contributed by atoms with E-state index in [0.29, 0.717) is 6.54 Å². The molecule has 2 rings (SSSR count). The van der Waals surface area contributed by atoms with Crippen LogP contribution in [0.25, 0.3) is 0 Å². The number of piperidine rings is 1. The van der Waals surface area contributed by atoms with Gasteiger partial charge in [0.25, 0.3) is 0 Å². The van der Waals surface area contributed by atoms with Crippen LogP contribution in [0.15, 0.2) is 30.3 Å². The number of benzene rings is 1. The van der Waals surface area contributed by atoms with Gasteiger partial charge in [0.05, 0.1) is 12.2 Å². The van der Waals surface area contributed by atoms with Gasteiger partial charge in [0.15, 0.2) is 0 Å². The summed E-state index contributed by atoms with van der Waals surface area (Å²) >= 11 is 0. The maximum absolute atomic E-state index is 9.84. The number of ether oxygens (including phenoxy) is 1. The molecule has 0 bridgehead atoms. The van der Waals surface area contributed by atoms with Crippen LogP contribution < -0.4 is 5.32 Å². The summed E-state index contributed by atoms with van der Waals surface area (Å²) in [5, 5.41) is 13.2. The van der Waals surface area contributed by atoms with Crippen LogP contribution >= 0.6 is 0 Å². The van der Waals surface area contributed by atoms with Gasteiger partial charge >= 0.3 is 0 Å². The van der Waals surface area contributed by atoms with E-state index in [1.807, 2.05) is 37.3 Å². The summed E-state index contributed by atoms with van der Waals surface area (Å²) in [6, 6.07) is 12.6. The van der Waals surface area contributed by atoms with E-state index in [1.165, 1.54) is 0 Å². The monoisotopic (exact) mass is 287 g/mol. The van der Waals surface area contributed by atoms with Crippen molar-refractivity contribution in [2.75, 3.05) is 33.3 Å². The van der Waals surface area contributed by atoms with Gasteiger partial charge in [0, 0.05) is 20.2 Å². The molecule has 1 fully saturated rings. The van der Waals surface area contributed by atoms with Crippen LogP contribution in [0.1, 0.15) is 25.3 Å². The third kappa shape index (κ3) is 3.82. The minimum absolute atomic E-state index is 0.285. The molecular formula is C17H25N3O. The molecule has 0 amide bonds. The van der Waals surface area contributed by atoms with Crippen molar-refractivity contribution in [3.8, 4) is 6.07 Å². The van der Waals surface area contributed by atoms with Gasteiger partial charge in [-0.25, -0.2) is 0 Å². The van der Waals surface area contributed by atoms with Gasteiger partial charge in [-0.15, -0.1) is 0 Å². The highest BCUT2D eigenvalue weighted by molar-refractivity contribution is 5.32. The third-order valence-corrected chi connectivity index (χ3v) is 4.19. The second-order valence-electron chi connectivity index (χ2n) is 5.65. The normalized spacial score (nSPS) is 22.4. The summed E-state index contributed by atoms with van der Waals surface area (Å²) in [5.41, 5.74) is 0.389. The van der Waals surface area contributed by atoms with Gasteiger partial charge in [-0.05, 0) is 31.5 Å². The average Bonchev–Trinajstić information content (AvgIpc) is 2.55. The number of hydrogen-bond acceptors (Lipinski definition) is 4. The van der Waals surface area contributed by atoms with Gasteiger partial charge < -0.3 is 4.74 Å². The molecule has 1 heterocycles. The molecule has 0 spiro atoms. The lowest BCUT2D eigenvalue weighted by Gasteiger charge is -2.38. The Bertz CT molecular complexity index is 471. The smallest absolute Gasteiger partial charge is 0.145 e. The predicted octanol–water partition coefficient (Wildman–Crippen LogP) is 2.13. The van der Waals surface area contributed by atoms with E-state index in [2.05, 4.69) is 16.3 Å². The molecule has 4 heteroatoms. The minimum atomic E-state index is -0.647. The van der Waals surface area contributed by atoms with Crippen molar-refractivity contribution >= 4 is 0 Å². The molecule has 1 aromatic carbocycles. The Balaban J connectivity index is 2.19. The molecule has 2 atom stereocenters. The molecule has 0 saturated carbocycles. The fourth-order valence-electron chi connectivity index (χ4n) is 3.10. The Kier molecular flexibility index (Phi) is 5.75. The average molecular weight is 287 g/mol. The van der Waals surface area contributed by atoms with Gasteiger partial charge in [0.1, 0.15) is 5.54 Å². The van der Waals surface area contributed by atoms with Crippen molar-refractivity contribution in [1.29, 1.82) is 5.26 Å².